The van der Waals surface area contributed by atoms with Gasteiger partial charge in [0.05, 0.1) is 11.3 Å². The molecule has 0 aromatic heterocycles. The molecule has 102 valence electrons. The third kappa shape index (κ3) is 2.17. The Morgan fingerprint density at radius 3 is 2.53 bits per heavy atom. The molecule has 1 aromatic carbocycles. The highest BCUT2D eigenvalue weighted by Gasteiger charge is 2.35. The first-order valence-corrected chi connectivity index (χ1v) is 6.47. The Morgan fingerprint density at radius 1 is 1.11 bits per heavy atom. The quantitative estimate of drug-likeness (QED) is 0.837. The van der Waals surface area contributed by atoms with Gasteiger partial charge in [-0.1, -0.05) is 12.1 Å². The van der Waals surface area contributed by atoms with Crippen LogP contribution in [0.25, 0.3) is 5.70 Å². The van der Waals surface area contributed by atoms with Crippen molar-refractivity contribution in [3.8, 4) is 0 Å². The molecule has 0 aliphatic carbocycles. The second-order valence-electron chi connectivity index (χ2n) is 4.89. The molecule has 2 aliphatic heterocycles. The number of hydrogen-bond donors (Lipinski definition) is 1. The summed E-state index contributed by atoms with van der Waals surface area (Å²) in [7, 11) is 0. The van der Waals surface area contributed by atoms with Gasteiger partial charge >= 0.3 is 6.18 Å². The fourth-order valence-corrected chi connectivity index (χ4v) is 2.81. The van der Waals surface area contributed by atoms with Gasteiger partial charge in [0.25, 0.3) is 0 Å². The van der Waals surface area contributed by atoms with E-state index in [2.05, 4.69) is 10.2 Å². The molecule has 3 rings (SSSR count). The first-order chi connectivity index (χ1) is 9.07. The predicted molar refractivity (Wildman–Crippen MR) is 68.7 cm³/mol. The second kappa shape index (κ2) is 4.47. The van der Waals surface area contributed by atoms with Crippen molar-refractivity contribution in [2.45, 2.75) is 19.0 Å². The number of nitrogens with one attached hydrogen (secondary N) is 1. The van der Waals surface area contributed by atoms with Crippen LogP contribution >= 0.6 is 0 Å². The number of fused-ring (bicyclic) bond motifs is 1. The molecule has 2 nitrogen and oxygen atoms in total. The van der Waals surface area contributed by atoms with Crippen molar-refractivity contribution >= 4 is 11.4 Å². The maximum Gasteiger partial charge on any atom is 0.418 e. The molecule has 0 unspecified atom stereocenters. The van der Waals surface area contributed by atoms with Crippen LogP contribution in [0.2, 0.25) is 0 Å². The van der Waals surface area contributed by atoms with E-state index in [-0.39, 0.29) is 5.69 Å². The number of para-hydroxylation sites is 1. The SMILES string of the molecule is FC(F)(F)c1cccc2c1NCC=C2N1CCCC1. The van der Waals surface area contributed by atoms with Gasteiger partial charge in [-0.3, -0.25) is 0 Å². The van der Waals surface area contributed by atoms with Crippen LogP contribution in [0.4, 0.5) is 18.9 Å². The molecule has 0 radical (unpaired) electrons. The molecule has 1 aromatic rings. The molecule has 0 amide bonds. The molecule has 0 saturated carbocycles. The minimum absolute atomic E-state index is 0.222. The van der Waals surface area contributed by atoms with Crippen molar-refractivity contribution in [3.05, 3.63) is 35.4 Å². The fourth-order valence-electron chi connectivity index (χ4n) is 2.81. The Hall–Kier alpha value is -1.65. The number of alkyl halides is 3. The summed E-state index contributed by atoms with van der Waals surface area (Å²) in [6.45, 7) is 2.31. The topological polar surface area (TPSA) is 15.3 Å². The first-order valence-electron chi connectivity index (χ1n) is 6.47. The van der Waals surface area contributed by atoms with Gasteiger partial charge in [-0.05, 0) is 25.0 Å². The fraction of sp³-hybridized carbons (Fsp3) is 0.429. The summed E-state index contributed by atoms with van der Waals surface area (Å²) in [5.41, 5.74) is 1.26. The summed E-state index contributed by atoms with van der Waals surface area (Å²) in [6.07, 6.45) is -0.113. The van der Waals surface area contributed by atoms with Gasteiger partial charge in [-0.15, -0.1) is 0 Å². The maximum absolute atomic E-state index is 13.0. The van der Waals surface area contributed by atoms with Crippen LogP contribution in [0.3, 0.4) is 0 Å². The molecule has 19 heavy (non-hydrogen) atoms. The van der Waals surface area contributed by atoms with Crippen LogP contribution in [0.5, 0.6) is 0 Å². The smallest absolute Gasteiger partial charge is 0.380 e. The van der Waals surface area contributed by atoms with Gasteiger partial charge in [0, 0.05) is 30.9 Å². The number of anilines is 1. The first kappa shape index (κ1) is 12.4. The van der Waals surface area contributed by atoms with Gasteiger partial charge in [0.1, 0.15) is 0 Å². The summed E-state index contributed by atoms with van der Waals surface area (Å²) < 4.78 is 39.0. The van der Waals surface area contributed by atoms with Crippen molar-refractivity contribution in [1.29, 1.82) is 0 Å². The van der Waals surface area contributed by atoms with E-state index in [1.807, 2.05) is 6.08 Å². The minimum Gasteiger partial charge on any atom is -0.380 e. The van der Waals surface area contributed by atoms with E-state index in [1.165, 1.54) is 6.07 Å². The zero-order valence-electron chi connectivity index (χ0n) is 10.4. The number of halogens is 3. The van der Waals surface area contributed by atoms with Crippen LogP contribution in [0, 0.1) is 0 Å². The lowest BCUT2D eigenvalue weighted by molar-refractivity contribution is -0.137. The third-order valence-electron chi connectivity index (χ3n) is 3.67. The molecule has 0 atom stereocenters. The normalized spacial score (nSPS) is 18.9. The summed E-state index contributed by atoms with van der Waals surface area (Å²) in [5.74, 6) is 0. The van der Waals surface area contributed by atoms with Crippen LogP contribution in [0.15, 0.2) is 24.3 Å². The standard InChI is InChI=1S/C14H15F3N2/c15-14(16,17)11-5-3-4-10-12(6-7-18-13(10)11)19-8-1-2-9-19/h3-6,18H,1-2,7-9H2. The summed E-state index contributed by atoms with van der Waals surface area (Å²) in [6, 6.07) is 4.39. The molecule has 1 saturated heterocycles. The molecule has 0 bridgehead atoms. The Balaban J connectivity index is 2.05. The zero-order chi connectivity index (χ0) is 13.5. The van der Waals surface area contributed by atoms with Gasteiger partial charge in [0.2, 0.25) is 0 Å². The highest BCUT2D eigenvalue weighted by atomic mass is 19.4. The van der Waals surface area contributed by atoms with Crippen LogP contribution in [-0.4, -0.2) is 24.5 Å². The average Bonchev–Trinajstić information content (AvgIpc) is 2.90. The van der Waals surface area contributed by atoms with E-state index in [0.717, 1.165) is 37.7 Å². The Morgan fingerprint density at radius 2 is 1.84 bits per heavy atom. The van der Waals surface area contributed by atoms with Gasteiger partial charge in [-0.2, -0.15) is 13.2 Å². The Kier molecular flexibility index (Phi) is 2.92. The largest absolute Gasteiger partial charge is 0.418 e. The average molecular weight is 268 g/mol. The summed E-state index contributed by atoms with van der Waals surface area (Å²) >= 11 is 0. The molecule has 2 aliphatic rings. The number of rotatable bonds is 1. The van der Waals surface area contributed by atoms with Crippen LogP contribution in [0.1, 0.15) is 24.0 Å². The molecular formula is C14H15F3N2. The van der Waals surface area contributed by atoms with E-state index in [4.69, 9.17) is 0 Å². The lowest BCUT2D eigenvalue weighted by atomic mass is 10.00. The molecule has 2 heterocycles. The zero-order valence-corrected chi connectivity index (χ0v) is 10.4. The van der Waals surface area contributed by atoms with E-state index >= 15 is 0 Å². The summed E-state index contributed by atoms with van der Waals surface area (Å²) in [5, 5.41) is 2.87. The van der Waals surface area contributed by atoms with E-state index in [1.54, 1.807) is 6.07 Å². The van der Waals surface area contributed by atoms with Gasteiger partial charge in [-0.25, -0.2) is 0 Å². The van der Waals surface area contributed by atoms with Crippen molar-refractivity contribution in [2.24, 2.45) is 0 Å². The lowest BCUT2D eigenvalue weighted by Crippen LogP contribution is -2.24. The number of hydrogen-bond acceptors (Lipinski definition) is 2. The third-order valence-corrected chi connectivity index (χ3v) is 3.67. The number of likely N-dealkylation sites (tertiary alicyclic amines) is 1. The highest BCUT2D eigenvalue weighted by molar-refractivity contribution is 5.80. The molecule has 1 N–H and O–H groups in total. The van der Waals surface area contributed by atoms with Crippen molar-refractivity contribution in [3.63, 3.8) is 0 Å². The molecule has 1 fully saturated rings. The van der Waals surface area contributed by atoms with Gasteiger partial charge in [0.15, 0.2) is 0 Å². The number of nitrogens with zero attached hydrogens (tertiary/aromatic N) is 1. The molecular weight excluding hydrogens is 253 g/mol. The van der Waals surface area contributed by atoms with E-state index < -0.39 is 11.7 Å². The second-order valence-corrected chi connectivity index (χ2v) is 4.89. The Bertz CT molecular complexity index is 514. The lowest BCUT2D eigenvalue weighted by Gasteiger charge is -2.29. The van der Waals surface area contributed by atoms with Crippen molar-refractivity contribution in [2.75, 3.05) is 25.0 Å². The number of benzene rings is 1. The highest BCUT2D eigenvalue weighted by Crippen LogP contribution is 2.41. The molecule has 5 heteroatoms. The van der Waals surface area contributed by atoms with E-state index in [9.17, 15) is 13.2 Å². The Labute approximate surface area is 109 Å². The van der Waals surface area contributed by atoms with Crippen molar-refractivity contribution < 1.29 is 13.2 Å². The van der Waals surface area contributed by atoms with Crippen LogP contribution < -0.4 is 5.32 Å². The molecule has 0 spiro atoms. The van der Waals surface area contributed by atoms with Crippen molar-refractivity contribution in [1.82, 2.24) is 4.90 Å². The van der Waals surface area contributed by atoms with E-state index in [0.29, 0.717) is 12.1 Å². The minimum atomic E-state index is -4.31. The van der Waals surface area contributed by atoms with Gasteiger partial charge < -0.3 is 10.2 Å². The predicted octanol–water partition coefficient (Wildman–Crippen LogP) is 3.57. The van der Waals surface area contributed by atoms with Crippen LogP contribution in [-0.2, 0) is 6.18 Å². The monoisotopic (exact) mass is 268 g/mol. The summed E-state index contributed by atoms with van der Waals surface area (Å²) in [4.78, 5) is 2.18. The maximum atomic E-state index is 13.0.